The smallest absolute Gasteiger partial charge is 0.332 e. The second kappa shape index (κ2) is 6.45. The van der Waals surface area contributed by atoms with Gasteiger partial charge in [0.1, 0.15) is 11.6 Å². The van der Waals surface area contributed by atoms with E-state index in [1.807, 2.05) is 31.2 Å². The zero-order chi connectivity index (χ0) is 17.3. The van der Waals surface area contributed by atoms with Crippen LogP contribution in [0.1, 0.15) is 17.5 Å². The number of rotatable bonds is 4. The van der Waals surface area contributed by atoms with Crippen molar-refractivity contribution in [3.05, 3.63) is 56.2 Å². The standard InChI is InChI=1S/C17H19N3O4/c1-11-4-6-12(7-5-11)24-14-10-13-15(18-14)19(2)17(23)20(16(13)22)8-3-9-21/h4-7,21H,3,8-10H2,1-2H3. The highest BCUT2D eigenvalue weighted by Gasteiger charge is 2.25. The highest BCUT2D eigenvalue weighted by atomic mass is 16.5. The number of benzene rings is 1. The van der Waals surface area contributed by atoms with Gasteiger partial charge in [0, 0.05) is 20.2 Å². The third-order valence-electron chi connectivity index (χ3n) is 3.96. The van der Waals surface area contributed by atoms with Crippen molar-refractivity contribution in [2.24, 2.45) is 12.0 Å². The molecule has 0 spiro atoms. The van der Waals surface area contributed by atoms with Gasteiger partial charge in [-0.3, -0.25) is 13.9 Å². The molecule has 0 fully saturated rings. The summed E-state index contributed by atoms with van der Waals surface area (Å²) in [5.74, 6) is 1.37. The Labute approximate surface area is 138 Å². The molecule has 1 aliphatic rings. The summed E-state index contributed by atoms with van der Waals surface area (Å²) in [5.41, 5.74) is 0.755. The van der Waals surface area contributed by atoms with Gasteiger partial charge in [-0.1, -0.05) is 17.7 Å². The number of aryl methyl sites for hydroxylation is 1. The minimum atomic E-state index is -0.437. The molecule has 1 N–H and O–H groups in total. The molecule has 24 heavy (non-hydrogen) atoms. The van der Waals surface area contributed by atoms with Crippen LogP contribution < -0.4 is 16.0 Å². The van der Waals surface area contributed by atoms with Crippen LogP contribution >= 0.6 is 0 Å². The third kappa shape index (κ3) is 2.90. The number of ether oxygens (including phenoxy) is 1. The van der Waals surface area contributed by atoms with Crippen LogP contribution in [-0.4, -0.2) is 26.7 Å². The van der Waals surface area contributed by atoms with Crippen molar-refractivity contribution < 1.29 is 9.84 Å². The Balaban J connectivity index is 1.93. The van der Waals surface area contributed by atoms with E-state index in [9.17, 15) is 9.59 Å². The Bertz CT molecular complexity index is 907. The number of hydrogen-bond acceptors (Lipinski definition) is 5. The summed E-state index contributed by atoms with van der Waals surface area (Å²) in [6, 6.07) is 7.52. The summed E-state index contributed by atoms with van der Waals surface area (Å²) < 4.78 is 8.22. The number of aromatic nitrogens is 2. The van der Waals surface area contributed by atoms with Gasteiger partial charge in [-0.25, -0.2) is 4.79 Å². The molecular weight excluding hydrogens is 310 g/mol. The Morgan fingerprint density at radius 1 is 1.25 bits per heavy atom. The van der Waals surface area contributed by atoms with Gasteiger partial charge >= 0.3 is 5.69 Å². The summed E-state index contributed by atoms with van der Waals surface area (Å²) in [5, 5.41) is 8.93. The predicted octanol–water partition coefficient (Wildman–Crippen LogP) is 0.903. The van der Waals surface area contributed by atoms with E-state index in [0.717, 1.165) is 10.1 Å². The first-order chi connectivity index (χ1) is 11.5. The summed E-state index contributed by atoms with van der Waals surface area (Å²) >= 11 is 0. The van der Waals surface area contributed by atoms with E-state index >= 15 is 0 Å². The van der Waals surface area contributed by atoms with E-state index in [0.29, 0.717) is 29.4 Å². The lowest BCUT2D eigenvalue weighted by molar-refractivity contribution is 0.277. The Morgan fingerprint density at radius 3 is 2.62 bits per heavy atom. The van der Waals surface area contributed by atoms with Gasteiger partial charge in [0.15, 0.2) is 0 Å². The van der Waals surface area contributed by atoms with Crippen LogP contribution in [0.15, 0.2) is 38.8 Å². The topological polar surface area (TPSA) is 85.8 Å². The molecule has 0 radical (unpaired) electrons. The highest BCUT2D eigenvalue weighted by Crippen LogP contribution is 2.23. The molecule has 0 atom stereocenters. The van der Waals surface area contributed by atoms with Crippen molar-refractivity contribution in [1.29, 1.82) is 0 Å². The van der Waals surface area contributed by atoms with E-state index in [-0.39, 0.29) is 25.1 Å². The maximum Gasteiger partial charge on any atom is 0.332 e. The molecule has 2 aromatic rings. The lowest BCUT2D eigenvalue weighted by Crippen LogP contribution is -2.40. The predicted molar refractivity (Wildman–Crippen MR) is 90.3 cm³/mol. The first kappa shape index (κ1) is 16.2. The minimum absolute atomic E-state index is 0.0784. The van der Waals surface area contributed by atoms with E-state index in [1.165, 1.54) is 4.57 Å². The normalized spacial score (nSPS) is 12.9. The number of hydrogen-bond donors (Lipinski definition) is 1. The quantitative estimate of drug-likeness (QED) is 0.903. The van der Waals surface area contributed by atoms with Crippen LogP contribution in [0, 0.1) is 6.92 Å². The molecule has 0 unspecified atom stereocenters. The van der Waals surface area contributed by atoms with E-state index in [4.69, 9.17) is 9.84 Å². The van der Waals surface area contributed by atoms with Gasteiger partial charge in [-0.05, 0) is 25.5 Å². The maximum absolute atomic E-state index is 12.5. The molecule has 0 bridgehead atoms. The van der Waals surface area contributed by atoms with Gasteiger partial charge in [0.25, 0.3) is 5.56 Å². The van der Waals surface area contributed by atoms with E-state index in [1.54, 1.807) is 7.05 Å². The van der Waals surface area contributed by atoms with Crippen LogP contribution in [0.2, 0.25) is 0 Å². The number of nitrogens with zero attached hydrogens (tertiary/aromatic N) is 3. The zero-order valence-corrected chi connectivity index (χ0v) is 13.7. The molecule has 0 amide bonds. The maximum atomic E-state index is 12.5. The molecule has 7 heteroatoms. The fourth-order valence-corrected chi connectivity index (χ4v) is 2.65. The number of aliphatic imine (C=N–C) groups is 1. The van der Waals surface area contributed by atoms with Gasteiger partial charge in [0.2, 0.25) is 5.90 Å². The SMILES string of the molecule is Cc1ccc(OC2=Nc3c(c(=O)n(CCCO)c(=O)n3C)C2)cc1. The van der Waals surface area contributed by atoms with Gasteiger partial charge in [-0.15, -0.1) is 0 Å². The summed E-state index contributed by atoms with van der Waals surface area (Å²) in [6.45, 7) is 2.09. The average Bonchev–Trinajstić information content (AvgIpc) is 2.99. The first-order valence-corrected chi connectivity index (χ1v) is 7.77. The zero-order valence-electron chi connectivity index (χ0n) is 13.7. The molecule has 3 rings (SSSR count). The van der Waals surface area contributed by atoms with Crippen LogP contribution in [0.25, 0.3) is 0 Å². The van der Waals surface area contributed by atoms with Crippen molar-refractivity contribution in [3.63, 3.8) is 0 Å². The van der Waals surface area contributed by atoms with E-state index in [2.05, 4.69) is 4.99 Å². The second-order valence-electron chi connectivity index (χ2n) is 5.78. The Hall–Kier alpha value is -2.67. The van der Waals surface area contributed by atoms with Crippen LogP contribution in [-0.2, 0) is 20.0 Å². The molecule has 0 saturated heterocycles. The highest BCUT2D eigenvalue weighted by molar-refractivity contribution is 5.88. The van der Waals surface area contributed by atoms with Crippen LogP contribution in [0.4, 0.5) is 5.82 Å². The molecule has 0 aliphatic carbocycles. The fraction of sp³-hybridized carbons (Fsp3) is 0.353. The Kier molecular flexibility index (Phi) is 4.35. The molecule has 7 nitrogen and oxygen atoms in total. The molecule has 1 aromatic heterocycles. The number of aliphatic hydroxyl groups excluding tert-OH is 1. The van der Waals surface area contributed by atoms with Gasteiger partial charge in [-0.2, -0.15) is 4.99 Å². The molecular formula is C17H19N3O4. The van der Waals surface area contributed by atoms with Gasteiger partial charge in [0.05, 0.1) is 12.0 Å². The summed E-state index contributed by atoms with van der Waals surface area (Å²) in [6.07, 6.45) is 0.594. The number of fused-ring (bicyclic) bond motifs is 1. The average molecular weight is 329 g/mol. The molecule has 0 saturated carbocycles. The molecule has 1 aliphatic heterocycles. The lowest BCUT2D eigenvalue weighted by Gasteiger charge is -2.09. The summed E-state index contributed by atoms with van der Waals surface area (Å²) in [7, 11) is 1.58. The van der Waals surface area contributed by atoms with Crippen molar-refractivity contribution in [2.45, 2.75) is 26.3 Å². The molecule has 126 valence electrons. The molecule has 1 aromatic carbocycles. The first-order valence-electron chi connectivity index (χ1n) is 7.77. The Morgan fingerprint density at radius 2 is 1.96 bits per heavy atom. The number of aliphatic hydroxyl groups is 1. The minimum Gasteiger partial charge on any atom is -0.443 e. The lowest BCUT2D eigenvalue weighted by atomic mass is 10.2. The van der Waals surface area contributed by atoms with Crippen molar-refractivity contribution in [3.8, 4) is 5.75 Å². The van der Waals surface area contributed by atoms with Crippen molar-refractivity contribution in [1.82, 2.24) is 9.13 Å². The fourth-order valence-electron chi connectivity index (χ4n) is 2.65. The molecule has 2 heterocycles. The summed E-state index contributed by atoms with van der Waals surface area (Å²) in [4.78, 5) is 29.1. The van der Waals surface area contributed by atoms with Crippen molar-refractivity contribution >= 4 is 11.7 Å². The van der Waals surface area contributed by atoms with E-state index < -0.39 is 5.69 Å². The second-order valence-corrected chi connectivity index (χ2v) is 5.78. The monoisotopic (exact) mass is 329 g/mol. The third-order valence-corrected chi connectivity index (χ3v) is 3.96. The van der Waals surface area contributed by atoms with Gasteiger partial charge < -0.3 is 9.84 Å². The van der Waals surface area contributed by atoms with Crippen molar-refractivity contribution in [2.75, 3.05) is 6.61 Å². The van der Waals surface area contributed by atoms with Crippen LogP contribution in [0.5, 0.6) is 5.75 Å². The largest absolute Gasteiger partial charge is 0.443 e. The van der Waals surface area contributed by atoms with Crippen LogP contribution in [0.3, 0.4) is 0 Å².